The number of carbonyl (C=O) groups excluding carboxylic acids is 2. The van der Waals surface area contributed by atoms with Gasteiger partial charge in [0.2, 0.25) is 10.0 Å². The van der Waals surface area contributed by atoms with E-state index >= 15 is 0 Å². The summed E-state index contributed by atoms with van der Waals surface area (Å²) in [5.41, 5.74) is 0.457. The molecular formula is C21H18Cl4N4O5S2. The van der Waals surface area contributed by atoms with Crippen molar-refractivity contribution in [2.45, 2.75) is 6.54 Å². The fourth-order valence-electron chi connectivity index (χ4n) is 2.87. The van der Waals surface area contributed by atoms with Gasteiger partial charge in [-0.2, -0.15) is 0 Å². The van der Waals surface area contributed by atoms with Crippen molar-refractivity contribution in [2.24, 2.45) is 0 Å². The fourth-order valence-corrected chi connectivity index (χ4v) is 5.78. The smallest absolute Gasteiger partial charge is 0.267 e. The van der Waals surface area contributed by atoms with Gasteiger partial charge in [-0.1, -0.05) is 34.8 Å². The first-order chi connectivity index (χ1) is 17.0. The van der Waals surface area contributed by atoms with Gasteiger partial charge in [-0.25, -0.2) is 18.1 Å². The van der Waals surface area contributed by atoms with Gasteiger partial charge < -0.3 is 15.4 Å². The molecule has 36 heavy (non-hydrogen) atoms. The molecule has 0 aliphatic carbocycles. The lowest BCUT2D eigenvalue weighted by atomic mass is 10.1. The van der Waals surface area contributed by atoms with E-state index in [2.05, 4.69) is 20.3 Å². The Bertz CT molecular complexity index is 1380. The average molecular weight is 612 g/mol. The summed E-state index contributed by atoms with van der Waals surface area (Å²) in [6.07, 6.45) is 1.37. The number of aromatic nitrogens is 1. The number of ether oxygens (including phenoxy) is 1. The second kappa shape index (κ2) is 12.4. The predicted molar refractivity (Wildman–Crippen MR) is 144 cm³/mol. The zero-order chi connectivity index (χ0) is 26.5. The Morgan fingerprint density at radius 1 is 1.08 bits per heavy atom. The van der Waals surface area contributed by atoms with Crippen LogP contribution in [0.4, 0.5) is 11.5 Å². The molecule has 192 valence electrons. The minimum absolute atomic E-state index is 0.00573. The molecule has 0 bridgehead atoms. The highest BCUT2D eigenvalue weighted by molar-refractivity contribution is 7.89. The van der Waals surface area contributed by atoms with Gasteiger partial charge in [0, 0.05) is 29.7 Å². The minimum Gasteiger partial charge on any atom is -0.494 e. The van der Waals surface area contributed by atoms with Crippen LogP contribution >= 0.6 is 57.7 Å². The molecule has 0 radical (unpaired) electrons. The Hall–Kier alpha value is -2.12. The van der Waals surface area contributed by atoms with Gasteiger partial charge in [-0.15, -0.1) is 22.9 Å². The van der Waals surface area contributed by atoms with Crippen molar-refractivity contribution < 1.29 is 22.7 Å². The molecule has 3 rings (SSSR count). The number of hydrogen-bond acceptors (Lipinski definition) is 7. The summed E-state index contributed by atoms with van der Waals surface area (Å²) in [6.45, 7) is -0.117. The number of benzene rings is 1. The van der Waals surface area contributed by atoms with Crippen molar-refractivity contribution in [3.63, 3.8) is 0 Å². The van der Waals surface area contributed by atoms with Gasteiger partial charge in [-0.05, 0) is 29.1 Å². The molecule has 2 amide bonds. The molecule has 0 unspecified atom stereocenters. The van der Waals surface area contributed by atoms with Crippen LogP contribution in [-0.2, 0) is 16.6 Å². The summed E-state index contributed by atoms with van der Waals surface area (Å²) in [6, 6.07) is 5.85. The number of nitrogens with zero attached hydrogens (tertiary/aromatic N) is 1. The maximum atomic E-state index is 13.1. The average Bonchev–Trinajstić information content (AvgIpc) is 3.20. The summed E-state index contributed by atoms with van der Waals surface area (Å²) in [4.78, 5) is 30.2. The Morgan fingerprint density at radius 2 is 1.83 bits per heavy atom. The minimum atomic E-state index is -3.59. The number of anilines is 2. The third kappa shape index (κ3) is 7.22. The Labute approximate surface area is 231 Å². The number of amides is 2. The van der Waals surface area contributed by atoms with Gasteiger partial charge in [0.25, 0.3) is 11.8 Å². The first-order valence-electron chi connectivity index (χ1n) is 9.95. The van der Waals surface area contributed by atoms with Gasteiger partial charge in [-0.3, -0.25) is 9.59 Å². The SMILES string of the molecule is COc1cc(Cl)cc(C(=O)Nc2ccc(Cl)cn2)c1NC(=O)c1scc(CNS(=O)(=O)CCCl)c1Cl. The van der Waals surface area contributed by atoms with Gasteiger partial charge in [0.15, 0.2) is 0 Å². The lowest BCUT2D eigenvalue weighted by molar-refractivity contribution is 0.102. The van der Waals surface area contributed by atoms with Crippen molar-refractivity contribution in [2.75, 3.05) is 29.4 Å². The number of pyridine rings is 1. The highest BCUT2D eigenvalue weighted by atomic mass is 35.5. The van der Waals surface area contributed by atoms with E-state index in [-0.39, 0.29) is 55.9 Å². The molecule has 15 heteroatoms. The standard InChI is InChI=1S/C21H18Cl4N4O5S2/c1-34-15-7-13(24)6-14(20(30)28-16-3-2-12(23)9-26-16)18(15)29-21(31)19-17(25)11(10-35-19)8-27-36(32,33)5-4-22/h2-3,6-7,9-10,27H,4-5,8H2,1H3,(H,29,31)(H,26,28,30). The Kier molecular flexibility index (Phi) is 9.81. The van der Waals surface area contributed by atoms with Crippen molar-refractivity contribution in [3.8, 4) is 5.75 Å². The third-order valence-corrected chi connectivity index (χ3v) is 8.33. The van der Waals surface area contributed by atoms with Crippen molar-refractivity contribution in [1.29, 1.82) is 0 Å². The lowest BCUT2D eigenvalue weighted by Crippen LogP contribution is -2.26. The first kappa shape index (κ1) is 28.5. The van der Waals surface area contributed by atoms with Crippen LogP contribution in [0.25, 0.3) is 0 Å². The molecule has 0 saturated carbocycles. The second-order valence-electron chi connectivity index (χ2n) is 7.03. The van der Waals surface area contributed by atoms with Crippen molar-refractivity contribution in [1.82, 2.24) is 9.71 Å². The largest absolute Gasteiger partial charge is 0.494 e. The molecule has 9 nitrogen and oxygen atoms in total. The number of alkyl halides is 1. The number of rotatable bonds is 10. The third-order valence-electron chi connectivity index (χ3n) is 4.57. The summed E-state index contributed by atoms with van der Waals surface area (Å²) in [5, 5.41) is 7.45. The highest BCUT2D eigenvalue weighted by Gasteiger charge is 2.24. The molecule has 2 heterocycles. The zero-order valence-electron chi connectivity index (χ0n) is 18.4. The van der Waals surface area contributed by atoms with Crippen molar-refractivity contribution in [3.05, 3.63) is 66.9 Å². The van der Waals surface area contributed by atoms with Gasteiger partial charge in [0.1, 0.15) is 16.4 Å². The van der Waals surface area contributed by atoms with Crippen LogP contribution in [0, 0.1) is 0 Å². The molecule has 2 aromatic heterocycles. The van der Waals surface area contributed by atoms with Crippen molar-refractivity contribution >= 4 is 91.1 Å². The number of thiophene rings is 1. The summed E-state index contributed by atoms with van der Waals surface area (Å²) in [7, 11) is -2.23. The molecule has 3 N–H and O–H groups in total. The van der Waals surface area contributed by atoms with Crippen LogP contribution in [0.5, 0.6) is 5.75 Å². The molecule has 0 spiro atoms. The summed E-state index contributed by atoms with van der Waals surface area (Å²) in [5.74, 6) is -1.22. The van der Waals surface area contributed by atoms with Crippen LogP contribution in [0.15, 0.2) is 35.8 Å². The molecular weight excluding hydrogens is 594 g/mol. The predicted octanol–water partition coefficient (Wildman–Crippen LogP) is 5.27. The molecule has 0 fully saturated rings. The molecule has 0 aliphatic rings. The van der Waals surface area contributed by atoms with Crippen LogP contribution in [0.2, 0.25) is 15.1 Å². The molecule has 0 atom stereocenters. The lowest BCUT2D eigenvalue weighted by Gasteiger charge is -2.15. The van der Waals surface area contributed by atoms with Gasteiger partial charge in [0.05, 0.1) is 34.2 Å². The quantitative estimate of drug-likeness (QED) is 0.268. The topological polar surface area (TPSA) is 126 Å². The monoisotopic (exact) mass is 610 g/mol. The number of methoxy groups -OCH3 is 1. The fraction of sp³-hybridized carbons (Fsp3) is 0.190. The molecule has 0 saturated heterocycles. The highest BCUT2D eigenvalue weighted by Crippen LogP contribution is 2.35. The van der Waals surface area contributed by atoms with E-state index in [0.717, 1.165) is 11.3 Å². The van der Waals surface area contributed by atoms with Crippen LogP contribution in [0.1, 0.15) is 25.6 Å². The number of sulfonamides is 1. The van der Waals surface area contributed by atoms with Crippen LogP contribution in [-0.4, -0.2) is 44.0 Å². The van der Waals surface area contributed by atoms with E-state index in [9.17, 15) is 18.0 Å². The Morgan fingerprint density at radius 3 is 2.47 bits per heavy atom. The van der Waals surface area contributed by atoms with E-state index in [1.165, 1.54) is 31.5 Å². The normalized spacial score (nSPS) is 11.2. The number of halogens is 4. The van der Waals surface area contributed by atoms with E-state index < -0.39 is 21.8 Å². The van der Waals surface area contributed by atoms with E-state index in [4.69, 9.17) is 51.1 Å². The molecule has 0 aliphatic heterocycles. The first-order valence-corrected chi connectivity index (χ1v) is 14.2. The van der Waals surface area contributed by atoms with Gasteiger partial charge >= 0.3 is 0 Å². The van der Waals surface area contributed by atoms with Crippen LogP contribution in [0.3, 0.4) is 0 Å². The maximum Gasteiger partial charge on any atom is 0.267 e. The summed E-state index contributed by atoms with van der Waals surface area (Å²) >= 11 is 24.8. The Balaban J connectivity index is 1.86. The van der Waals surface area contributed by atoms with E-state index in [0.29, 0.717) is 10.6 Å². The number of carbonyl (C=O) groups is 2. The van der Waals surface area contributed by atoms with E-state index in [1.54, 1.807) is 11.4 Å². The second-order valence-corrected chi connectivity index (χ2v) is 11.5. The zero-order valence-corrected chi connectivity index (χ0v) is 23.1. The molecule has 3 aromatic rings. The maximum absolute atomic E-state index is 13.1. The molecule has 1 aromatic carbocycles. The van der Waals surface area contributed by atoms with E-state index in [1.807, 2.05) is 0 Å². The van der Waals surface area contributed by atoms with Crippen LogP contribution < -0.4 is 20.1 Å². The number of hydrogen-bond donors (Lipinski definition) is 3. The number of nitrogens with one attached hydrogen (secondary N) is 3. The summed E-state index contributed by atoms with van der Waals surface area (Å²) < 4.78 is 31.4.